The molecule has 1 aromatic carbocycles. The summed E-state index contributed by atoms with van der Waals surface area (Å²) >= 11 is 0. The van der Waals surface area contributed by atoms with Gasteiger partial charge in [0.25, 0.3) is 5.91 Å². The molecule has 0 aliphatic heterocycles. The molecule has 0 aliphatic carbocycles. The Balaban J connectivity index is 2.36. The lowest BCUT2D eigenvalue weighted by atomic mass is 10.2. The Labute approximate surface area is 120 Å². The molecule has 0 aliphatic rings. The summed E-state index contributed by atoms with van der Waals surface area (Å²) in [5, 5.41) is 11.1. The van der Waals surface area contributed by atoms with Crippen LogP contribution in [0.5, 0.6) is 5.75 Å². The van der Waals surface area contributed by atoms with E-state index in [2.05, 4.69) is 10.5 Å². The highest BCUT2D eigenvalue weighted by atomic mass is 32.2. The largest absolute Gasteiger partial charge is 0.495 e. The number of benzene rings is 1. The molecule has 1 heterocycles. The van der Waals surface area contributed by atoms with Crippen LogP contribution < -0.4 is 15.2 Å². The van der Waals surface area contributed by atoms with Crippen LogP contribution in [0, 0.1) is 6.92 Å². The number of primary sulfonamides is 1. The first-order chi connectivity index (χ1) is 9.81. The number of hydrogen-bond acceptors (Lipinski definition) is 6. The Morgan fingerprint density at radius 3 is 2.62 bits per heavy atom. The molecule has 0 radical (unpaired) electrons. The van der Waals surface area contributed by atoms with E-state index in [9.17, 15) is 13.2 Å². The number of methoxy groups -OCH3 is 1. The van der Waals surface area contributed by atoms with E-state index < -0.39 is 15.9 Å². The van der Waals surface area contributed by atoms with Gasteiger partial charge in [0.2, 0.25) is 15.8 Å². The topological polar surface area (TPSA) is 125 Å². The summed E-state index contributed by atoms with van der Waals surface area (Å²) in [6.07, 6.45) is 0. The van der Waals surface area contributed by atoms with Gasteiger partial charge in [-0.3, -0.25) is 4.79 Å². The first-order valence-corrected chi connectivity index (χ1v) is 7.31. The van der Waals surface area contributed by atoms with Crippen molar-refractivity contribution in [1.29, 1.82) is 0 Å². The monoisotopic (exact) mass is 311 g/mol. The van der Waals surface area contributed by atoms with Crippen molar-refractivity contribution >= 4 is 21.6 Å². The van der Waals surface area contributed by atoms with Crippen LogP contribution in [0.15, 0.2) is 33.7 Å². The zero-order valence-corrected chi connectivity index (χ0v) is 12.1. The molecule has 2 rings (SSSR count). The van der Waals surface area contributed by atoms with Crippen molar-refractivity contribution in [1.82, 2.24) is 5.16 Å². The lowest BCUT2D eigenvalue weighted by molar-refractivity contribution is 0.0987. The smallest absolute Gasteiger partial charge is 0.294 e. The van der Waals surface area contributed by atoms with Gasteiger partial charge in [0.05, 0.1) is 23.4 Å². The fourth-order valence-corrected chi connectivity index (χ4v) is 2.16. The number of amides is 1. The number of anilines is 1. The molecule has 0 bridgehead atoms. The summed E-state index contributed by atoms with van der Waals surface area (Å²) in [7, 11) is -2.50. The molecular weight excluding hydrogens is 298 g/mol. The molecule has 0 spiro atoms. The van der Waals surface area contributed by atoms with Crippen molar-refractivity contribution in [2.24, 2.45) is 5.14 Å². The van der Waals surface area contributed by atoms with Gasteiger partial charge >= 0.3 is 0 Å². The number of aromatic nitrogens is 1. The molecule has 9 heteroatoms. The number of hydrogen-bond donors (Lipinski definition) is 2. The van der Waals surface area contributed by atoms with Crippen LogP contribution in [-0.2, 0) is 10.0 Å². The third kappa shape index (κ3) is 3.38. The van der Waals surface area contributed by atoms with Crippen LogP contribution in [0.1, 0.15) is 16.2 Å². The van der Waals surface area contributed by atoms with Crippen LogP contribution >= 0.6 is 0 Å². The van der Waals surface area contributed by atoms with E-state index in [1.165, 1.54) is 31.4 Å². The third-order valence-corrected chi connectivity index (χ3v) is 3.51. The fourth-order valence-electron chi connectivity index (χ4n) is 1.62. The van der Waals surface area contributed by atoms with Gasteiger partial charge < -0.3 is 14.6 Å². The van der Waals surface area contributed by atoms with Crippen molar-refractivity contribution in [2.45, 2.75) is 11.8 Å². The minimum Gasteiger partial charge on any atom is -0.495 e. The molecule has 8 nitrogen and oxygen atoms in total. The van der Waals surface area contributed by atoms with E-state index in [1.54, 1.807) is 6.92 Å². The molecule has 21 heavy (non-hydrogen) atoms. The number of carbonyl (C=O) groups is 1. The molecule has 0 saturated heterocycles. The lowest BCUT2D eigenvalue weighted by Crippen LogP contribution is -2.15. The van der Waals surface area contributed by atoms with Crippen LogP contribution in [0.4, 0.5) is 5.69 Å². The number of rotatable bonds is 4. The van der Waals surface area contributed by atoms with E-state index >= 15 is 0 Å². The van der Waals surface area contributed by atoms with Crippen LogP contribution in [0.25, 0.3) is 0 Å². The molecule has 0 unspecified atom stereocenters. The summed E-state index contributed by atoms with van der Waals surface area (Å²) < 4.78 is 32.6. The average Bonchev–Trinajstić information content (AvgIpc) is 2.84. The number of ether oxygens (including phenoxy) is 1. The van der Waals surface area contributed by atoms with E-state index in [4.69, 9.17) is 14.4 Å². The van der Waals surface area contributed by atoms with Crippen LogP contribution in [0.3, 0.4) is 0 Å². The van der Waals surface area contributed by atoms with Crippen LogP contribution in [-0.4, -0.2) is 26.6 Å². The Hall–Kier alpha value is -2.39. The van der Waals surface area contributed by atoms with Gasteiger partial charge in [0.15, 0.2) is 0 Å². The minimum absolute atomic E-state index is 0.00411. The Kier molecular flexibility index (Phi) is 3.96. The number of nitrogens with two attached hydrogens (primary N) is 1. The highest BCUT2D eigenvalue weighted by Gasteiger charge is 2.17. The van der Waals surface area contributed by atoms with Gasteiger partial charge in [-0.2, -0.15) is 0 Å². The molecule has 1 amide bonds. The third-order valence-electron chi connectivity index (χ3n) is 2.60. The zero-order valence-electron chi connectivity index (χ0n) is 11.3. The number of aryl methyl sites for hydroxylation is 1. The van der Waals surface area contributed by atoms with Crippen molar-refractivity contribution in [3.63, 3.8) is 0 Å². The predicted octanol–water partition coefficient (Wildman–Crippen LogP) is 0.891. The molecular formula is C12H13N3O5S. The number of nitrogens with zero attached hydrogens (tertiary/aromatic N) is 1. The van der Waals surface area contributed by atoms with Crippen molar-refractivity contribution in [3.05, 3.63) is 35.7 Å². The standard InChI is InChI=1S/C12H13N3O5S/c1-7-5-11(20-15-7)12(16)14-9-6-8(21(13,17)18)3-4-10(9)19-2/h3-6H,1-2H3,(H,14,16)(H2,13,17,18). The number of sulfonamides is 1. The second-order valence-electron chi connectivity index (χ2n) is 4.19. The average molecular weight is 311 g/mol. The Morgan fingerprint density at radius 2 is 2.10 bits per heavy atom. The lowest BCUT2D eigenvalue weighted by Gasteiger charge is -2.10. The minimum atomic E-state index is -3.89. The summed E-state index contributed by atoms with van der Waals surface area (Å²) in [5.41, 5.74) is 0.702. The van der Waals surface area contributed by atoms with E-state index in [0.717, 1.165) is 0 Å². The second kappa shape index (κ2) is 5.54. The van der Waals surface area contributed by atoms with Crippen LogP contribution in [0.2, 0.25) is 0 Å². The molecule has 1 aromatic heterocycles. The molecule has 112 valence electrons. The Morgan fingerprint density at radius 1 is 1.38 bits per heavy atom. The summed E-state index contributed by atoms with van der Waals surface area (Å²) in [6, 6.07) is 5.32. The van der Waals surface area contributed by atoms with Gasteiger partial charge in [-0.05, 0) is 25.1 Å². The highest BCUT2D eigenvalue weighted by Crippen LogP contribution is 2.27. The summed E-state index contributed by atoms with van der Waals surface area (Å²) in [6.45, 7) is 1.67. The molecule has 0 fully saturated rings. The van der Waals surface area contributed by atoms with Gasteiger partial charge in [0.1, 0.15) is 5.75 Å². The zero-order chi connectivity index (χ0) is 15.6. The second-order valence-corrected chi connectivity index (χ2v) is 5.76. The number of nitrogens with one attached hydrogen (secondary N) is 1. The maximum atomic E-state index is 12.0. The maximum absolute atomic E-state index is 12.0. The van der Waals surface area contributed by atoms with Crippen molar-refractivity contribution in [2.75, 3.05) is 12.4 Å². The quantitative estimate of drug-likeness (QED) is 0.864. The van der Waals surface area contributed by atoms with E-state index in [-0.39, 0.29) is 22.1 Å². The number of carbonyl (C=O) groups excluding carboxylic acids is 1. The summed E-state index contributed by atoms with van der Waals surface area (Å²) in [5.74, 6) is -0.303. The SMILES string of the molecule is COc1ccc(S(N)(=O)=O)cc1NC(=O)c1cc(C)no1. The molecule has 0 saturated carbocycles. The molecule has 2 aromatic rings. The fraction of sp³-hybridized carbons (Fsp3) is 0.167. The van der Waals surface area contributed by atoms with Crippen molar-refractivity contribution < 1.29 is 22.5 Å². The highest BCUT2D eigenvalue weighted by molar-refractivity contribution is 7.89. The van der Waals surface area contributed by atoms with Gasteiger partial charge in [-0.1, -0.05) is 5.16 Å². The van der Waals surface area contributed by atoms with Gasteiger partial charge in [0, 0.05) is 6.07 Å². The molecule has 3 N–H and O–H groups in total. The van der Waals surface area contributed by atoms with Crippen molar-refractivity contribution in [3.8, 4) is 5.75 Å². The first kappa shape index (κ1) is 15.0. The van der Waals surface area contributed by atoms with E-state index in [0.29, 0.717) is 5.69 Å². The van der Waals surface area contributed by atoms with Gasteiger partial charge in [-0.25, -0.2) is 13.6 Å². The maximum Gasteiger partial charge on any atom is 0.294 e. The molecule has 0 atom stereocenters. The summed E-state index contributed by atoms with van der Waals surface area (Å²) in [4.78, 5) is 11.8. The normalized spacial score (nSPS) is 11.2. The Bertz CT molecular complexity index is 782. The van der Waals surface area contributed by atoms with Gasteiger partial charge in [-0.15, -0.1) is 0 Å². The predicted molar refractivity (Wildman–Crippen MR) is 73.6 cm³/mol. The van der Waals surface area contributed by atoms with E-state index in [1.807, 2.05) is 0 Å². The first-order valence-electron chi connectivity index (χ1n) is 5.77.